The van der Waals surface area contributed by atoms with Crippen LogP contribution < -0.4 is 0 Å². The predicted molar refractivity (Wildman–Crippen MR) is 46.9 cm³/mol. The van der Waals surface area contributed by atoms with Gasteiger partial charge in [-0.25, -0.2) is 4.57 Å². The largest absolute Gasteiger partial charge is 0.472 e. The minimum absolute atomic E-state index is 0.702. The van der Waals surface area contributed by atoms with Crippen LogP contribution in [-0.2, 0) is 13.8 Å². The van der Waals surface area contributed by atoms with E-state index in [1.165, 1.54) is 0 Å². The lowest BCUT2D eigenvalue weighted by Gasteiger charge is -2.39. The highest BCUT2D eigenvalue weighted by Crippen LogP contribution is 2.40. The first-order chi connectivity index (χ1) is 7.26. The van der Waals surface area contributed by atoms with Crippen molar-refractivity contribution in [2.75, 3.05) is 6.61 Å². The normalized spacial score (nSPS) is 41.0. The Morgan fingerprint density at radius 3 is 2.12 bits per heavy atom. The summed E-state index contributed by atoms with van der Waals surface area (Å²) >= 11 is 0. The van der Waals surface area contributed by atoms with Gasteiger partial charge in [0.1, 0.15) is 24.4 Å². The predicted octanol–water partition coefficient (Wildman–Crippen LogP) is -3.10. The van der Waals surface area contributed by atoms with E-state index < -0.39 is 45.1 Å². The summed E-state index contributed by atoms with van der Waals surface area (Å²) in [5, 5.41) is 36.6. The molecule has 1 fully saturated rings. The summed E-state index contributed by atoms with van der Waals surface area (Å²) in [7, 11) is -4.91. The molecule has 1 saturated heterocycles. The van der Waals surface area contributed by atoms with Crippen molar-refractivity contribution in [2.24, 2.45) is 0 Å². The Kier molecular flexibility index (Phi) is 4.41. The third-order valence-corrected chi connectivity index (χ3v) is 2.57. The fourth-order valence-electron chi connectivity index (χ4n) is 1.29. The van der Waals surface area contributed by atoms with Crippen LogP contribution in [0.5, 0.6) is 0 Å². The second-order valence-electron chi connectivity index (χ2n) is 3.29. The number of aliphatic hydroxyl groups excluding tert-OH is 4. The van der Waals surface area contributed by atoms with Crippen molar-refractivity contribution in [1.82, 2.24) is 0 Å². The highest BCUT2D eigenvalue weighted by Gasteiger charge is 2.46. The summed E-state index contributed by atoms with van der Waals surface area (Å²) in [5.74, 6) is 0. The molecule has 5 atom stereocenters. The van der Waals surface area contributed by atoms with Gasteiger partial charge in [-0.1, -0.05) is 0 Å². The maximum Gasteiger partial charge on any atom is 0.472 e. The first-order valence-electron chi connectivity index (χ1n) is 4.30. The zero-order chi connectivity index (χ0) is 12.5. The summed E-state index contributed by atoms with van der Waals surface area (Å²) in [6.45, 7) is -0.702. The monoisotopic (exact) mass is 260 g/mol. The molecule has 1 aliphatic rings. The van der Waals surface area contributed by atoms with E-state index in [0.717, 1.165) is 0 Å². The van der Waals surface area contributed by atoms with E-state index in [0.29, 0.717) is 0 Å². The van der Waals surface area contributed by atoms with Crippen molar-refractivity contribution < 1.29 is 44.0 Å². The van der Waals surface area contributed by atoms with Gasteiger partial charge in [0.25, 0.3) is 0 Å². The zero-order valence-corrected chi connectivity index (χ0v) is 8.84. The van der Waals surface area contributed by atoms with Crippen LogP contribution in [0.3, 0.4) is 0 Å². The highest BCUT2D eigenvalue weighted by atomic mass is 31.2. The zero-order valence-electron chi connectivity index (χ0n) is 7.95. The maximum atomic E-state index is 10.5. The van der Waals surface area contributed by atoms with Crippen LogP contribution >= 0.6 is 7.82 Å². The average Bonchev–Trinajstić information content (AvgIpc) is 2.17. The van der Waals surface area contributed by atoms with Crippen LogP contribution in [-0.4, -0.2) is 67.5 Å². The van der Waals surface area contributed by atoms with E-state index in [2.05, 4.69) is 9.26 Å². The van der Waals surface area contributed by atoms with Crippen molar-refractivity contribution >= 4 is 7.82 Å². The average molecular weight is 260 g/mol. The molecule has 0 bridgehead atoms. The number of hydrogen-bond acceptors (Lipinski definition) is 7. The van der Waals surface area contributed by atoms with E-state index in [1.807, 2.05) is 0 Å². The van der Waals surface area contributed by atoms with Gasteiger partial charge in [0.05, 0.1) is 6.61 Å². The lowest BCUT2D eigenvalue weighted by atomic mass is 10.00. The van der Waals surface area contributed by atoms with Crippen LogP contribution in [0.15, 0.2) is 0 Å². The maximum absolute atomic E-state index is 10.5. The minimum Gasteiger partial charge on any atom is -0.394 e. The molecular formula is C6H13O9P. The van der Waals surface area contributed by atoms with Gasteiger partial charge in [0.15, 0.2) is 6.29 Å². The van der Waals surface area contributed by atoms with Crippen LogP contribution in [0, 0.1) is 0 Å². The van der Waals surface area contributed by atoms with Crippen molar-refractivity contribution in [3.05, 3.63) is 0 Å². The molecule has 0 amide bonds. The van der Waals surface area contributed by atoms with E-state index in [-0.39, 0.29) is 0 Å². The molecule has 0 aromatic rings. The molecule has 6 N–H and O–H groups in total. The first kappa shape index (κ1) is 14.0. The molecule has 0 aromatic heterocycles. The molecule has 0 aliphatic carbocycles. The number of ether oxygens (including phenoxy) is 1. The van der Waals surface area contributed by atoms with Gasteiger partial charge in [0.2, 0.25) is 0 Å². The Morgan fingerprint density at radius 2 is 1.69 bits per heavy atom. The number of phosphoric acid groups is 1. The fourth-order valence-corrected chi connectivity index (χ4v) is 1.73. The van der Waals surface area contributed by atoms with E-state index in [9.17, 15) is 19.9 Å². The van der Waals surface area contributed by atoms with Crippen LogP contribution in [0.2, 0.25) is 0 Å². The molecule has 9 nitrogen and oxygen atoms in total. The van der Waals surface area contributed by atoms with Crippen LogP contribution in [0.25, 0.3) is 0 Å². The number of rotatable bonds is 3. The van der Waals surface area contributed by atoms with Gasteiger partial charge < -0.3 is 34.9 Å². The molecule has 1 aliphatic heterocycles. The van der Waals surface area contributed by atoms with Gasteiger partial charge in [-0.05, 0) is 0 Å². The number of aliphatic hydroxyl groups is 4. The Bertz CT molecular complexity index is 275. The quantitative estimate of drug-likeness (QED) is 0.289. The number of hydrogen-bond donors (Lipinski definition) is 6. The van der Waals surface area contributed by atoms with Gasteiger partial charge in [0, 0.05) is 0 Å². The second kappa shape index (κ2) is 5.05. The molecule has 0 aromatic carbocycles. The lowest BCUT2D eigenvalue weighted by Crippen LogP contribution is -2.58. The molecule has 10 heteroatoms. The third kappa shape index (κ3) is 3.20. The Morgan fingerprint density at radius 1 is 1.12 bits per heavy atom. The Balaban J connectivity index is 2.75. The van der Waals surface area contributed by atoms with Crippen LogP contribution in [0.1, 0.15) is 0 Å². The smallest absolute Gasteiger partial charge is 0.394 e. The minimum atomic E-state index is -4.91. The van der Waals surface area contributed by atoms with E-state index in [1.54, 1.807) is 0 Å². The summed E-state index contributed by atoms with van der Waals surface area (Å²) in [6.07, 6.45) is -8.25. The van der Waals surface area contributed by atoms with Crippen molar-refractivity contribution in [2.45, 2.75) is 30.7 Å². The molecule has 4 unspecified atom stereocenters. The standard InChI is InChI=1S/C6H13O9P/c7-1-2-3(8)4(9)5(10)6(14-2)15-16(11,12)13/h2-10H,1H2,(H2,11,12,13)/t2?,3?,4?,5-,6?/m1/s1. The fraction of sp³-hybridized carbons (Fsp3) is 1.00. The van der Waals surface area contributed by atoms with Crippen molar-refractivity contribution in [1.29, 1.82) is 0 Å². The Hall–Kier alpha value is -0.0900. The van der Waals surface area contributed by atoms with Gasteiger partial charge in [-0.2, -0.15) is 0 Å². The Labute approximate surface area is 90.1 Å². The van der Waals surface area contributed by atoms with E-state index in [4.69, 9.17) is 14.9 Å². The van der Waals surface area contributed by atoms with Gasteiger partial charge in [-0.15, -0.1) is 0 Å². The van der Waals surface area contributed by atoms with Crippen LogP contribution in [0.4, 0.5) is 0 Å². The molecule has 0 radical (unpaired) electrons. The summed E-state index contributed by atoms with van der Waals surface area (Å²) in [4.78, 5) is 17.0. The number of phosphoric ester groups is 1. The molecular weight excluding hydrogens is 247 g/mol. The summed E-state index contributed by atoms with van der Waals surface area (Å²) < 4.78 is 19.2. The van der Waals surface area contributed by atoms with Gasteiger partial charge in [-0.3, -0.25) is 4.52 Å². The molecule has 1 rings (SSSR count). The molecule has 0 saturated carbocycles. The molecule has 16 heavy (non-hydrogen) atoms. The summed E-state index contributed by atoms with van der Waals surface area (Å²) in [6, 6.07) is 0. The van der Waals surface area contributed by atoms with Gasteiger partial charge >= 0.3 is 7.82 Å². The lowest BCUT2D eigenvalue weighted by molar-refractivity contribution is -0.280. The van der Waals surface area contributed by atoms with E-state index >= 15 is 0 Å². The molecule has 1 heterocycles. The SMILES string of the molecule is O=P(O)(O)OC1OC(CO)C(O)C(O)[C@H]1O. The van der Waals surface area contributed by atoms with Crippen molar-refractivity contribution in [3.63, 3.8) is 0 Å². The van der Waals surface area contributed by atoms with Crippen molar-refractivity contribution in [3.8, 4) is 0 Å². The highest BCUT2D eigenvalue weighted by molar-refractivity contribution is 7.46. The molecule has 96 valence electrons. The first-order valence-corrected chi connectivity index (χ1v) is 5.83. The summed E-state index contributed by atoms with van der Waals surface area (Å²) in [5.41, 5.74) is 0. The topological polar surface area (TPSA) is 157 Å². The second-order valence-corrected chi connectivity index (χ2v) is 4.49. The third-order valence-electron chi connectivity index (χ3n) is 2.09. The molecule has 0 spiro atoms.